The summed E-state index contributed by atoms with van der Waals surface area (Å²) in [6, 6.07) is 13.9. The Hall–Kier alpha value is -2.16. The Bertz CT molecular complexity index is 552. The van der Waals surface area contributed by atoms with Crippen LogP contribution in [0.1, 0.15) is 21.5 Å². The van der Waals surface area contributed by atoms with E-state index >= 15 is 0 Å². The molecular weight excluding hydrogens is 229 g/mol. The molecule has 2 nitrogen and oxygen atoms in total. The lowest BCUT2D eigenvalue weighted by atomic mass is 10.1. The molecule has 0 saturated heterocycles. The fraction of sp³-hybridized carbons (Fsp3) is 0.133. The maximum absolute atomic E-state index is 13.6. The molecular formula is C15H14FNO. The molecule has 1 N–H and O–H groups in total. The number of amides is 1. The van der Waals surface area contributed by atoms with Gasteiger partial charge in [0.2, 0.25) is 0 Å². The summed E-state index contributed by atoms with van der Waals surface area (Å²) in [7, 11) is 0. The minimum atomic E-state index is -0.289. The highest BCUT2D eigenvalue weighted by atomic mass is 19.1. The molecule has 0 fully saturated rings. The number of nitrogens with one attached hydrogen (secondary N) is 1. The average molecular weight is 243 g/mol. The van der Waals surface area contributed by atoms with E-state index in [1.54, 1.807) is 30.3 Å². The fourth-order valence-corrected chi connectivity index (χ4v) is 1.66. The lowest BCUT2D eigenvalue weighted by Crippen LogP contribution is -2.23. The van der Waals surface area contributed by atoms with E-state index in [0.29, 0.717) is 11.1 Å². The highest BCUT2D eigenvalue weighted by Crippen LogP contribution is 2.09. The summed E-state index contributed by atoms with van der Waals surface area (Å²) >= 11 is 0. The van der Waals surface area contributed by atoms with Gasteiger partial charge in [-0.25, -0.2) is 4.39 Å². The van der Waals surface area contributed by atoms with Gasteiger partial charge in [0.25, 0.3) is 5.91 Å². The monoisotopic (exact) mass is 243 g/mol. The van der Waals surface area contributed by atoms with Gasteiger partial charge in [-0.15, -0.1) is 0 Å². The molecule has 2 aromatic carbocycles. The average Bonchev–Trinajstić information content (AvgIpc) is 2.38. The predicted molar refractivity (Wildman–Crippen MR) is 68.7 cm³/mol. The van der Waals surface area contributed by atoms with Gasteiger partial charge in [-0.05, 0) is 30.7 Å². The van der Waals surface area contributed by atoms with Gasteiger partial charge in [0.15, 0.2) is 0 Å². The van der Waals surface area contributed by atoms with Crippen LogP contribution < -0.4 is 5.32 Å². The van der Waals surface area contributed by atoms with Crippen molar-refractivity contribution in [1.29, 1.82) is 0 Å². The van der Waals surface area contributed by atoms with Crippen molar-refractivity contribution in [2.45, 2.75) is 13.5 Å². The molecule has 18 heavy (non-hydrogen) atoms. The van der Waals surface area contributed by atoms with Crippen LogP contribution in [0.15, 0.2) is 48.5 Å². The van der Waals surface area contributed by atoms with Gasteiger partial charge in [-0.1, -0.05) is 30.3 Å². The Balaban J connectivity index is 2.02. The normalized spacial score (nSPS) is 10.1. The largest absolute Gasteiger partial charge is 0.348 e. The molecule has 92 valence electrons. The standard InChI is InChI=1S/C15H14FNO/c1-11-7-8-13(14(16)9-11)10-17-15(18)12-5-3-2-4-6-12/h2-9H,10H2,1H3,(H,17,18). The zero-order valence-electron chi connectivity index (χ0n) is 10.1. The van der Waals surface area contributed by atoms with E-state index in [1.165, 1.54) is 6.07 Å². The van der Waals surface area contributed by atoms with E-state index in [1.807, 2.05) is 19.1 Å². The third-order valence-corrected chi connectivity index (χ3v) is 2.68. The smallest absolute Gasteiger partial charge is 0.251 e. The van der Waals surface area contributed by atoms with Gasteiger partial charge in [-0.3, -0.25) is 4.79 Å². The first kappa shape index (κ1) is 12.3. The maximum atomic E-state index is 13.6. The van der Waals surface area contributed by atoms with Crippen molar-refractivity contribution < 1.29 is 9.18 Å². The van der Waals surface area contributed by atoms with Crippen molar-refractivity contribution >= 4 is 5.91 Å². The minimum absolute atomic E-state index is 0.194. The summed E-state index contributed by atoms with van der Waals surface area (Å²) < 4.78 is 13.6. The molecule has 0 bridgehead atoms. The number of hydrogen-bond acceptors (Lipinski definition) is 1. The molecule has 0 aliphatic heterocycles. The van der Waals surface area contributed by atoms with Crippen molar-refractivity contribution in [3.05, 3.63) is 71.0 Å². The predicted octanol–water partition coefficient (Wildman–Crippen LogP) is 3.06. The second-order valence-electron chi connectivity index (χ2n) is 4.14. The Labute approximate surface area is 105 Å². The number of aryl methyl sites for hydroxylation is 1. The van der Waals surface area contributed by atoms with Crippen LogP contribution in [0, 0.1) is 12.7 Å². The van der Waals surface area contributed by atoms with Crippen molar-refractivity contribution in [2.75, 3.05) is 0 Å². The Kier molecular flexibility index (Phi) is 3.72. The summed E-state index contributed by atoms with van der Waals surface area (Å²) in [5, 5.41) is 2.70. The molecule has 0 unspecified atom stereocenters. The van der Waals surface area contributed by atoms with Crippen LogP contribution in [0.5, 0.6) is 0 Å². The molecule has 0 aromatic heterocycles. The lowest BCUT2D eigenvalue weighted by Gasteiger charge is -2.07. The molecule has 0 aliphatic carbocycles. The van der Waals surface area contributed by atoms with Crippen LogP contribution in [-0.4, -0.2) is 5.91 Å². The van der Waals surface area contributed by atoms with Gasteiger partial charge in [-0.2, -0.15) is 0 Å². The van der Waals surface area contributed by atoms with Gasteiger partial charge >= 0.3 is 0 Å². The van der Waals surface area contributed by atoms with Crippen molar-refractivity contribution in [3.8, 4) is 0 Å². The van der Waals surface area contributed by atoms with Crippen LogP contribution >= 0.6 is 0 Å². The fourth-order valence-electron chi connectivity index (χ4n) is 1.66. The number of carbonyl (C=O) groups is 1. The van der Waals surface area contributed by atoms with Gasteiger partial charge in [0.1, 0.15) is 5.82 Å². The molecule has 2 aromatic rings. The van der Waals surface area contributed by atoms with Crippen LogP contribution in [0.4, 0.5) is 4.39 Å². The molecule has 0 heterocycles. The van der Waals surface area contributed by atoms with Crippen LogP contribution in [-0.2, 0) is 6.54 Å². The molecule has 0 radical (unpaired) electrons. The first-order valence-electron chi connectivity index (χ1n) is 5.75. The zero-order chi connectivity index (χ0) is 13.0. The Morgan fingerprint density at radius 1 is 1.17 bits per heavy atom. The van der Waals surface area contributed by atoms with Crippen LogP contribution in [0.2, 0.25) is 0 Å². The number of hydrogen-bond donors (Lipinski definition) is 1. The molecule has 0 atom stereocenters. The number of rotatable bonds is 3. The summed E-state index contributed by atoms with van der Waals surface area (Å²) in [6.45, 7) is 2.02. The number of halogens is 1. The second-order valence-corrected chi connectivity index (χ2v) is 4.14. The highest BCUT2D eigenvalue weighted by molar-refractivity contribution is 5.94. The Morgan fingerprint density at radius 3 is 2.56 bits per heavy atom. The van der Waals surface area contributed by atoms with Crippen molar-refractivity contribution in [1.82, 2.24) is 5.32 Å². The summed E-state index contributed by atoms with van der Waals surface area (Å²) in [4.78, 5) is 11.8. The second kappa shape index (κ2) is 5.45. The summed E-state index contributed by atoms with van der Waals surface area (Å²) in [5.41, 5.74) is 1.93. The molecule has 3 heteroatoms. The van der Waals surface area contributed by atoms with E-state index in [4.69, 9.17) is 0 Å². The highest BCUT2D eigenvalue weighted by Gasteiger charge is 2.06. The van der Waals surface area contributed by atoms with E-state index in [-0.39, 0.29) is 18.3 Å². The topological polar surface area (TPSA) is 29.1 Å². The lowest BCUT2D eigenvalue weighted by molar-refractivity contribution is 0.0950. The summed E-state index contributed by atoms with van der Waals surface area (Å²) in [5.74, 6) is -0.487. The van der Waals surface area contributed by atoms with Crippen molar-refractivity contribution in [2.24, 2.45) is 0 Å². The molecule has 2 rings (SSSR count). The van der Waals surface area contributed by atoms with Crippen LogP contribution in [0.25, 0.3) is 0 Å². The van der Waals surface area contributed by atoms with Gasteiger partial charge in [0, 0.05) is 17.7 Å². The third kappa shape index (κ3) is 2.94. The quantitative estimate of drug-likeness (QED) is 0.882. The van der Waals surface area contributed by atoms with Gasteiger partial charge in [0.05, 0.1) is 0 Å². The summed E-state index contributed by atoms with van der Waals surface area (Å²) in [6.07, 6.45) is 0. The van der Waals surface area contributed by atoms with E-state index < -0.39 is 0 Å². The maximum Gasteiger partial charge on any atom is 0.251 e. The van der Waals surface area contributed by atoms with Crippen molar-refractivity contribution in [3.63, 3.8) is 0 Å². The SMILES string of the molecule is Cc1ccc(CNC(=O)c2ccccc2)c(F)c1. The first-order valence-corrected chi connectivity index (χ1v) is 5.75. The van der Waals surface area contributed by atoms with E-state index in [2.05, 4.69) is 5.32 Å². The number of carbonyl (C=O) groups excluding carboxylic acids is 1. The molecule has 1 amide bonds. The zero-order valence-corrected chi connectivity index (χ0v) is 10.1. The third-order valence-electron chi connectivity index (χ3n) is 2.68. The van der Waals surface area contributed by atoms with E-state index in [9.17, 15) is 9.18 Å². The molecule has 0 aliphatic rings. The number of benzene rings is 2. The van der Waals surface area contributed by atoms with E-state index in [0.717, 1.165) is 5.56 Å². The first-order chi connectivity index (χ1) is 8.66. The minimum Gasteiger partial charge on any atom is -0.348 e. The molecule has 0 saturated carbocycles. The Morgan fingerprint density at radius 2 is 1.89 bits per heavy atom. The molecule has 0 spiro atoms. The van der Waals surface area contributed by atoms with Crippen LogP contribution in [0.3, 0.4) is 0 Å². The van der Waals surface area contributed by atoms with Gasteiger partial charge < -0.3 is 5.32 Å².